The van der Waals surface area contributed by atoms with E-state index in [-0.39, 0.29) is 6.61 Å². The first-order valence-electron chi connectivity index (χ1n) is 9.06. The maximum absolute atomic E-state index is 12.9. The van der Waals surface area contributed by atoms with Crippen molar-refractivity contribution in [3.8, 4) is 0 Å². The Labute approximate surface area is 161 Å². The van der Waals surface area contributed by atoms with Gasteiger partial charge in [0.2, 0.25) is 0 Å². The number of aliphatic hydroxyl groups excluding tert-OH is 1. The maximum atomic E-state index is 12.9. The second kappa shape index (κ2) is 7.11. The maximum Gasteiger partial charge on any atom is 0.335 e. The van der Waals surface area contributed by atoms with Gasteiger partial charge in [-0.3, -0.25) is 14.2 Å². The number of aliphatic hydroxyl groups is 1. The molecule has 0 aromatic carbocycles. The van der Waals surface area contributed by atoms with E-state index in [2.05, 4.69) is 0 Å². The van der Waals surface area contributed by atoms with Crippen molar-refractivity contribution in [1.29, 1.82) is 0 Å². The molecule has 0 bridgehead atoms. The Hall–Kier alpha value is -2.01. The van der Waals surface area contributed by atoms with Crippen LogP contribution >= 0.6 is 0 Å². The van der Waals surface area contributed by atoms with Crippen molar-refractivity contribution in [2.45, 2.75) is 71.7 Å². The zero-order chi connectivity index (χ0) is 20.9. The molecule has 10 heteroatoms. The van der Waals surface area contributed by atoms with Gasteiger partial charge in [0.05, 0.1) is 12.0 Å². The highest BCUT2D eigenvalue weighted by atomic mass is 16.8. The van der Waals surface area contributed by atoms with Gasteiger partial charge in [-0.1, -0.05) is 0 Å². The van der Waals surface area contributed by atoms with Gasteiger partial charge in [0, 0.05) is 12.3 Å². The molecule has 2 fully saturated rings. The monoisotopic (exact) mass is 398 g/mol. The summed E-state index contributed by atoms with van der Waals surface area (Å²) in [6, 6.07) is 1.18. The molecule has 2 aliphatic rings. The number of nitrogens with zero attached hydrogens (tertiary/aromatic N) is 2. The van der Waals surface area contributed by atoms with Gasteiger partial charge >= 0.3 is 11.7 Å². The lowest BCUT2D eigenvalue weighted by Crippen LogP contribution is -2.44. The van der Waals surface area contributed by atoms with E-state index < -0.39 is 59.7 Å². The lowest BCUT2D eigenvalue weighted by Gasteiger charge is -2.24. The number of carbonyl (C=O) groups excluding carboxylic acids is 1. The van der Waals surface area contributed by atoms with Crippen LogP contribution in [0.3, 0.4) is 0 Å². The molecule has 0 amide bonds. The summed E-state index contributed by atoms with van der Waals surface area (Å²) in [7, 11) is 0. The van der Waals surface area contributed by atoms with Gasteiger partial charge in [0.25, 0.3) is 5.56 Å². The smallest absolute Gasteiger partial charge is 0.335 e. The third-order valence-corrected chi connectivity index (χ3v) is 4.61. The molecule has 0 radical (unpaired) electrons. The molecular weight excluding hydrogens is 372 g/mol. The molecule has 28 heavy (non-hydrogen) atoms. The van der Waals surface area contributed by atoms with Crippen molar-refractivity contribution in [1.82, 2.24) is 9.13 Å². The highest BCUT2D eigenvalue weighted by Crippen LogP contribution is 2.42. The Kier molecular flexibility index (Phi) is 5.26. The molecule has 2 saturated heterocycles. The number of hydrogen-bond donors (Lipinski definition) is 1. The first-order valence-corrected chi connectivity index (χ1v) is 9.06. The van der Waals surface area contributed by atoms with Crippen LogP contribution in [0.1, 0.15) is 40.8 Å². The quantitative estimate of drug-likeness (QED) is 0.703. The van der Waals surface area contributed by atoms with Crippen LogP contribution in [0.15, 0.2) is 21.9 Å². The lowest BCUT2D eigenvalue weighted by molar-refractivity contribution is -0.200. The van der Waals surface area contributed by atoms with E-state index in [0.29, 0.717) is 0 Å². The minimum absolute atomic E-state index is 0.311. The lowest BCUT2D eigenvalue weighted by atomic mass is 9.98. The molecule has 1 aromatic rings. The minimum atomic E-state index is -0.901. The Morgan fingerprint density at radius 2 is 1.89 bits per heavy atom. The first kappa shape index (κ1) is 20.7. The highest BCUT2D eigenvalue weighted by Gasteiger charge is 2.55. The molecule has 1 aromatic heterocycles. The van der Waals surface area contributed by atoms with Crippen LogP contribution in [0.25, 0.3) is 0 Å². The molecule has 3 rings (SSSR count). The van der Waals surface area contributed by atoms with E-state index in [1.807, 2.05) is 0 Å². The SMILES string of the molecule is CC1(C)O[C@@H]2[C@H](O1)[C@@H](CO)O[C@H]2n1ccc(=O)n(COC(=O)C(C)(C)C)c1=O. The van der Waals surface area contributed by atoms with Crippen molar-refractivity contribution in [3.05, 3.63) is 33.1 Å². The van der Waals surface area contributed by atoms with Crippen LogP contribution in [-0.4, -0.2) is 50.9 Å². The fraction of sp³-hybridized carbons (Fsp3) is 0.722. The van der Waals surface area contributed by atoms with Crippen LogP contribution in [-0.2, 0) is 30.5 Å². The van der Waals surface area contributed by atoms with Crippen LogP contribution in [0.5, 0.6) is 0 Å². The van der Waals surface area contributed by atoms with Crippen molar-refractivity contribution >= 4 is 5.97 Å². The van der Waals surface area contributed by atoms with E-state index in [4.69, 9.17) is 18.9 Å². The van der Waals surface area contributed by atoms with Crippen molar-refractivity contribution < 1.29 is 28.8 Å². The molecule has 1 N–H and O–H groups in total. The molecule has 3 heterocycles. The summed E-state index contributed by atoms with van der Waals surface area (Å²) < 4.78 is 24.5. The van der Waals surface area contributed by atoms with Gasteiger partial charge in [-0.05, 0) is 34.6 Å². The van der Waals surface area contributed by atoms with Gasteiger partial charge in [-0.25, -0.2) is 9.36 Å². The van der Waals surface area contributed by atoms with Gasteiger partial charge in [-0.2, -0.15) is 0 Å². The fourth-order valence-electron chi connectivity index (χ4n) is 3.21. The van der Waals surface area contributed by atoms with Crippen LogP contribution in [0.4, 0.5) is 0 Å². The topological polar surface area (TPSA) is 118 Å². The number of aromatic nitrogens is 2. The first-order chi connectivity index (χ1) is 12.9. The standard InChI is InChI=1S/C18H26N2O8/c1-17(2,3)15(23)25-9-20-11(22)6-7-19(16(20)24)14-13-12(10(8-21)26-14)27-18(4,5)28-13/h6-7,10,12-14,21H,8-9H2,1-5H3/t10-,12-,13-,14-/m1/s1. The van der Waals surface area contributed by atoms with E-state index >= 15 is 0 Å². The van der Waals surface area contributed by atoms with E-state index in [9.17, 15) is 19.5 Å². The summed E-state index contributed by atoms with van der Waals surface area (Å²) in [5, 5.41) is 9.58. The summed E-state index contributed by atoms with van der Waals surface area (Å²) in [6.45, 7) is 7.64. The van der Waals surface area contributed by atoms with Gasteiger partial charge in [0.1, 0.15) is 18.3 Å². The summed E-state index contributed by atoms with van der Waals surface area (Å²) in [4.78, 5) is 37.0. The minimum Gasteiger partial charge on any atom is -0.443 e. The second-order valence-electron chi connectivity index (χ2n) is 8.40. The largest absolute Gasteiger partial charge is 0.443 e. The number of rotatable bonds is 4. The van der Waals surface area contributed by atoms with E-state index in [1.165, 1.54) is 16.8 Å². The number of esters is 1. The summed E-state index contributed by atoms with van der Waals surface area (Å²) in [6.07, 6.45) is -1.49. The third-order valence-electron chi connectivity index (χ3n) is 4.61. The second-order valence-corrected chi connectivity index (χ2v) is 8.40. The molecule has 0 aliphatic carbocycles. The number of fused-ring (bicyclic) bond motifs is 1. The number of ether oxygens (including phenoxy) is 4. The van der Waals surface area contributed by atoms with Gasteiger partial charge in [0.15, 0.2) is 18.7 Å². The highest BCUT2D eigenvalue weighted by molar-refractivity contribution is 5.75. The van der Waals surface area contributed by atoms with Crippen molar-refractivity contribution in [2.75, 3.05) is 6.61 Å². The van der Waals surface area contributed by atoms with E-state index in [1.54, 1.807) is 34.6 Å². The Morgan fingerprint density at radius 1 is 1.25 bits per heavy atom. The molecule has 2 aliphatic heterocycles. The Bertz CT molecular complexity index is 866. The van der Waals surface area contributed by atoms with E-state index in [0.717, 1.165) is 4.57 Å². The molecule has 156 valence electrons. The fourth-order valence-corrected chi connectivity index (χ4v) is 3.21. The van der Waals surface area contributed by atoms with Crippen LogP contribution in [0.2, 0.25) is 0 Å². The average Bonchev–Trinajstić information content (AvgIpc) is 3.06. The third kappa shape index (κ3) is 3.77. The van der Waals surface area contributed by atoms with Crippen molar-refractivity contribution in [3.63, 3.8) is 0 Å². The summed E-state index contributed by atoms with van der Waals surface area (Å²) >= 11 is 0. The molecule has 0 unspecified atom stereocenters. The molecule has 0 saturated carbocycles. The molecule has 0 spiro atoms. The predicted octanol–water partition coefficient (Wildman–Crippen LogP) is -0.0334. The van der Waals surface area contributed by atoms with Gasteiger partial charge < -0.3 is 24.1 Å². The summed E-state index contributed by atoms with van der Waals surface area (Å²) in [5.41, 5.74) is -2.10. The zero-order valence-corrected chi connectivity index (χ0v) is 16.6. The predicted molar refractivity (Wildman–Crippen MR) is 95.3 cm³/mol. The molecule has 4 atom stereocenters. The van der Waals surface area contributed by atoms with Crippen molar-refractivity contribution in [2.24, 2.45) is 5.41 Å². The van der Waals surface area contributed by atoms with Crippen LogP contribution < -0.4 is 11.2 Å². The molecule has 10 nitrogen and oxygen atoms in total. The normalized spacial score (nSPS) is 28.9. The average molecular weight is 398 g/mol. The summed E-state index contributed by atoms with van der Waals surface area (Å²) in [5.74, 6) is -1.44. The number of hydrogen-bond acceptors (Lipinski definition) is 8. The Balaban J connectivity index is 1.90. The number of carbonyl (C=O) groups is 1. The molecular formula is C18H26N2O8. The zero-order valence-electron chi connectivity index (χ0n) is 16.6. The van der Waals surface area contributed by atoms with Gasteiger partial charge in [-0.15, -0.1) is 0 Å². The Morgan fingerprint density at radius 3 is 2.50 bits per heavy atom. The van der Waals surface area contributed by atoms with Crippen LogP contribution in [0, 0.1) is 5.41 Å².